The van der Waals surface area contributed by atoms with Crippen LogP contribution in [0.2, 0.25) is 0 Å². The molecule has 1 saturated heterocycles. The van der Waals surface area contributed by atoms with Gasteiger partial charge >= 0.3 is 0 Å². The van der Waals surface area contributed by atoms with Crippen LogP contribution in [0.15, 0.2) is 84.4 Å². The molecule has 0 radical (unpaired) electrons. The van der Waals surface area contributed by atoms with Gasteiger partial charge < -0.3 is 10.0 Å². The Kier molecular flexibility index (Phi) is 5.29. The number of aliphatic hydroxyl groups is 1. The number of rotatable bonds is 4. The zero-order valence-corrected chi connectivity index (χ0v) is 17.1. The van der Waals surface area contributed by atoms with E-state index >= 15 is 0 Å². The molecule has 1 heterocycles. The van der Waals surface area contributed by atoms with E-state index in [0.717, 1.165) is 5.69 Å². The number of hydrogen-bond donors (Lipinski definition) is 1. The van der Waals surface area contributed by atoms with Crippen molar-refractivity contribution in [2.45, 2.75) is 6.04 Å². The van der Waals surface area contributed by atoms with E-state index in [4.69, 9.17) is 0 Å². The molecule has 4 rings (SSSR count). The first kappa shape index (κ1) is 20.3. The second-order valence-corrected chi connectivity index (χ2v) is 7.50. The van der Waals surface area contributed by atoms with E-state index in [0.29, 0.717) is 16.8 Å². The molecule has 0 spiro atoms. The van der Waals surface area contributed by atoms with E-state index in [2.05, 4.69) is 0 Å². The molecule has 156 valence electrons. The lowest BCUT2D eigenvalue weighted by molar-refractivity contribution is -0.132. The van der Waals surface area contributed by atoms with Gasteiger partial charge in [0.2, 0.25) is 0 Å². The molecule has 0 unspecified atom stereocenters. The second-order valence-electron chi connectivity index (χ2n) is 7.50. The van der Waals surface area contributed by atoms with Gasteiger partial charge in [-0.15, -0.1) is 0 Å². The van der Waals surface area contributed by atoms with E-state index in [1.54, 1.807) is 42.5 Å². The smallest absolute Gasteiger partial charge is 0.300 e. The number of Topliss-reactive ketones (excluding diaryl/α,β-unsaturated/α-hetero) is 1. The first-order valence-corrected chi connectivity index (χ1v) is 9.78. The molecule has 1 fully saturated rings. The van der Waals surface area contributed by atoms with Crippen LogP contribution in [-0.2, 0) is 9.59 Å². The zero-order valence-electron chi connectivity index (χ0n) is 17.1. The topological polar surface area (TPSA) is 60.9 Å². The lowest BCUT2D eigenvalue weighted by atomic mass is 9.95. The van der Waals surface area contributed by atoms with Gasteiger partial charge in [0.1, 0.15) is 11.6 Å². The molecule has 1 aliphatic rings. The quantitative estimate of drug-likeness (QED) is 0.386. The normalized spacial score (nSPS) is 17.8. The SMILES string of the molecule is CN(C)c1ccc(N2C(=O)C(=O)C(=C(O)c3ccccc3)[C@H]2c2ccc(F)cc2)cc1. The minimum absolute atomic E-state index is 0.0282. The minimum Gasteiger partial charge on any atom is -0.507 e. The molecule has 3 aromatic carbocycles. The van der Waals surface area contributed by atoms with Crippen LogP contribution < -0.4 is 9.80 Å². The van der Waals surface area contributed by atoms with Crippen molar-refractivity contribution in [2.75, 3.05) is 23.9 Å². The molecule has 0 aromatic heterocycles. The summed E-state index contributed by atoms with van der Waals surface area (Å²) in [5, 5.41) is 11.0. The van der Waals surface area contributed by atoms with Gasteiger partial charge in [-0.3, -0.25) is 14.5 Å². The number of carbonyl (C=O) groups is 2. The number of anilines is 2. The van der Waals surface area contributed by atoms with Crippen LogP contribution in [0.3, 0.4) is 0 Å². The van der Waals surface area contributed by atoms with Gasteiger partial charge in [0.15, 0.2) is 0 Å². The predicted octanol–water partition coefficient (Wildman–Crippen LogP) is 4.52. The zero-order chi connectivity index (χ0) is 22.1. The van der Waals surface area contributed by atoms with Crippen LogP contribution in [0.25, 0.3) is 5.76 Å². The molecule has 31 heavy (non-hydrogen) atoms. The summed E-state index contributed by atoms with van der Waals surface area (Å²) in [6.07, 6.45) is 0. The Morgan fingerprint density at radius 2 is 1.52 bits per heavy atom. The number of ketones is 1. The standard InChI is InChI=1S/C25H21FN2O3/c1-27(2)19-12-14-20(15-13-19)28-22(16-8-10-18(26)11-9-16)21(24(30)25(28)31)23(29)17-6-4-3-5-7-17/h3-15,22,29H,1-2H3/t22-/m1/s1. The Labute approximate surface area is 179 Å². The Morgan fingerprint density at radius 3 is 2.10 bits per heavy atom. The third-order valence-corrected chi connectivity index (χ3v) is 5.32. The number of aliphatic hydroxyl groups excluding tert-OH is 1. The van der Waals surface area contributed by atoms with Gasteiger partial charge in [0.05, 0.1) is 11.6 Å². The Bertz CT molecular complexity index is 1150. The maximum atomic E-state index is 13.6. The molecule has 1 aliphatic heterocycles. The molecule has 1 atom stereocenters. The van der Waals surface area contributed by atoms with E-state index in [9.17, 15) is 19.1 Å². The Morgan fingerprint density at radius 1 is 0.903 bits per heavy atom. The summed E-state index contributed by atoms with van der Waals surface area (Å²) in [6, 6.07) is 20.5. The molecule has 1 amide bonds. The Balaban J connectivity index is 1.90. The maximum absolute atomic E-state index is 13.6. The van der Waals surface area contributed by atoms with Crippen LogP contribution in [-0.4, -0.2) is 30.9 Å². The fourth-order valence-electron chi connectivity index (χ4n) is 3.72. The summed E-state index contributed by atoms with van der Waals surface area (Å²) in [5.74, 6) is -2.23. The predicted molar refractivity (Wildman–Crippen MR) is 118 cm³/mol. The molecule has 0 saturated carbocycles. The van der Waals surface area contributed by atoms with E-state index in [1.165, 1.54) is 29.2 Å². The van der Waals surface area contributed by atoms with Crippen LogP contribution in [0.5, 0.6) is 0 Å². The van der Waals surface area contributed by atoms with Crippen molar-refractivity contribution >= 4 is 28.8 Å². The third-order valence-electron chi connectivity index (χ3n) is 5.32. The molecule has 0 bridgehead atoms. The van der Waals surface area contributed by atoms with Gasteiger partial charge in [0.25, 0.3) is 11.7 Å². The summed E-state index contributed by atoms with van der Waals surface area (Å²) in [6.45, 7) is 0. The summed E-state index contributed by atoms with van der Waals surface area (Å²) in [5.41, 5.74) is 2.36. The van der Waals surface area contributed by atoms with Crippen molar-refractivity contribution in [1.82, 2.24) is 0 Å². The first-order chi connectivity index (χ1) is 14.9. The summed E-state index contributed by atoms with van der Waals surface area (Å²) in [4.78, 5) is 29.4. The van der Waals surface area contributed by atoms with Crippen LogP contribution in [0, 0.1) is 5.82 Å². The van der Waals surface area contributed by atoms with E-state index in [1.807, 2.05) is 31.1 Å². The number of halogens is 1. The fourth-order valence-corrected chi connectivity index (χ4v) is 3.72. The lowest BCUT2D eigenvalue weighted by Crippen LogP contribution is -2.29. The summed E-state index contributed by atoms with van der Waals surface area (Å²) in [7, 11) is 3.80. The molecule has 6 heteroatoms. The van der Waals surface area contributed by atoms with Gasteiger partial charge in [-0.1, -0.05) is 42.5 Å². The molecule has 3 aromatic rings. The fraction of sp³-hybridized carbons (Fsp3) is 0.120. The van der Waals surface area contributed by atoms with Gasteiger partial charge in [-0.25, -0.2) is 4.39 Å². The highest BCUT2D eigenvalue weighted by Gasteiger charge is 2.46. The van der Waals surface area contributed by atoms with Gasteiger partial charge in [-0.2, -0.15) is 0 Å². The van der Waals surface area contributed by atoms with Gasteiger partial charge in [0, 0.05) is 31.0 Å². The Hall–Kier alpha value is -3.93. The molecular weight excluding hydrogens is 395 g/mol. The van der Waals surface area contributed by atoms with Crippen molar-refractivity contribution in [2.24, 2.45) is 0 Å². The average molecular weight is 416 g/mol. The number of hydrogen-bond acceptors (Lipinski definition) is 4. The lowest BCUT2D eigenvalue weighted by Gasteiger charge is -2.26. The first-order valence-electron chi connectivity index (χ1n) is 9.78. The second kappa shape index (κ2) is 8.07. The van der Waals surface area contributed by atoms with Gasteiger partial charge in [-0.05, 0) is 42.0 Å². The van der Waals surface area contributed by atoms with Crippen LogP contribution >= 0.6 is 0 Å². The highest BCUT2D eigenvalue weighted by molar-refractivity contribution is 6.51. The number of benzene rings is 3. The maximum Gasteiger partial charge on any atom is 0.300 e. The largest absolute Gasteiger partial charge is 0.507 e. The number of amides is 1. The molecular formula is C25H21FN2O3. The van der Waals surface area contributed by atoms with Crippen molar-refractivity contribution in [1.29, 1.82) is 0 Å². The van der Waals surface area contributed by atoms with Crippen molar-refractivity contribution < 1.29 is 19.1 Å². The third kappa shape index (κ3) is 3.68. The summed E-state index contributed by atoms with van der Waals surface area (Å²) < 4.78 is 13.6. The highest BCUT2D eigenvalue weighted by Crippen LogP contribution is 2.42. The summed E-state index contributed by atoms with van der Waals surface area (Å²) >= 11 is 0. The molecule has 0 aliphatic carbocycles. The number of carbonyl (C=O) groups excluding carboxylic acids is 2. The molecule has 5 nitrogen and oxygen atoms in total. The average Bonchev–Trinajstić information content (AvgIpc) is 3.05. The number of nitrogens with zero attached hydrogens (tertiary/aromatic N) is 2. The van der Waals surface area contributed by atoms with Crippen molar-refractivity contribution in [3.05, 3.63) is 101 Å². The van der Waals surface area contributed by atoms with Crippen LogP contribution in [0.1, 0.15) is 17.2 Å². The monoisotopic (exact) mass is 416 g/mol. The van der Waals surface area contributed by atoms with Crippen molar-refractivity contribution in [3.63, 3.8) is 0 Å². The van der Waals surface area contributed by atoms with E-state index < -0.39 is 23.5 Å². The van der Waals surface area contributed by atoms with Crippen LogP contribution in [0.4, 0.5) is 15.8 Å². The van der Waals surface area contributed by atoms with Crippen molar-refractivity contribution in [3.8, 4) is 0 Å². The minimum atomic E-state index is -0.883. The molecule has 1 N–H and O–H groups in total. The van der Waals surface area contributed by atoms with E-state index in [-0.39, 0.29) is 11.3 Å². The highest BCUT2D eigenvalue weighted by atomic mass is 19.1.